The lowest BCUT2D eigenvalue weighted by Gasteiger charge is -2.26. The summed E-state index contributed by atoms with van der Waals surface area (Å²) < 4.78 is 10.2. The number of methoxy groups -OCH3 is 1. The van der Waals surface area contributed by atoms with Gasteiger partial charge in [-0.15, -0.1) is 0 Å². The van der Waals surface area contributed by atoms with Crippen molar-refractivity contribution in [2.75, 3.05) is 7.11 Å². The fourth-order valence-electron chi connectivity index (χ4n) is 2.39. The first-order valence-corrected chi connectivity index (χ1v) is 7.35. The van der Waals surface area contributed by atoms with Gasteiger partial charge in [0, 0.05) is 5.41 Å². The van der Waals surface area contributed by atoms with Gasteiger partial charge in [-0.25, -0.2) is 4.79 Å². The van der Waals surface area contributed by atoms with Gasteiger partial charge in [-0.1, -0.05) is 56.3 Å². The fourth-order valence-corrected chi connectivity index (χ4v) is 2.39. The van der Waals surface area contributed by atoms with Gasteiger partial charge in [0.2, 0.25) is 0 Å². The van der Waals surface area contributed by atoms with Crippen molar-refractivity contribution in [3.8, 4) is 5.75 Å². The van der Waals surface area contributed by atoms with E-state index in [9.17, 15) is 4.79 Å². The van der Waals surface area contributed by atoms with Crippen LogP contribution in [0.25, 0.3) is 0 Å². The van der Waals surface area contributed by atoms with Crippen molar-refractivity contribution in [1.82, 2.24) is 0 Å². The number of carbonyl (C=O) groups is 1. The van der Waals surface area contributed by atoms with Gasteiger partial charge >= 0.3 is 5.97 Å². The minimum atomic E-state index is -0.613. The van der Waals surface area contributed by atoms with Crippen LogP contribution in [0, 0.1) is 0 Å². The van der Waals surface area contributed by atoms with E-state index in [-0.39, 0.29) is 11.4 Å². The summed E-state index contributed by atoms with van der Waals surface area (Å²) >= 11 is 0. The Labute approximate surface area is 131 Å². The van der Waals surface area contributed by atoms with E-state index < -0.39 is 6.10 Å². The van der Waals surface area contributed by atoms with Gasteiger partial charge in [0.15, 0.2) is 6.10 Å². The molecule has 0 N–H and O–H groups in total. The molecule has 0 radical (unpaired) electrons. The van der Waals surface area contributed by atoms with Crippen LogP contribution >= 0.6 is 0 Å². The molecule has 0 aliphatic carbocycles. The molecule has 0 spiro atoms. The number of esters is 1. The topological polar surface area (TPSA) is 35.5 Å². The van der Waals surface area contributed by atoms with Gasteiger partial charge in [0.05, 0.1) is 7.11 Å². The molecule has 2 aromatic carbocycles. The first-order valence-electron chi connectivity index (χ1n) is 7.35. The molecule has 22 heavy (non-hydrogen) atoms. The van der Waals surface area contributed by atoms with Crippen LogP contribution in [0.1, 0.15) is 31.9 Å². The highest BCUT2D eigenvalue weighted by molar-refractivity contribution is 5.74. The Morgan fingerprint density at radius 2 is 1.50 bits per heavy atom. The third-order valence-corrected chi connectivity index (χ3v) is 3.92. The van der Waals surface area contributed by atoms with Gasteiger partial charge in [-0.2, -0.15) is 0 Å². The van der Waals surface area contributed by atoms with E-state index in [1.165, 1.54) is 18.2 Å². The Kier molecular flexibility index (Phi) is 4.86. The molecular weight excluding hydrogens is 276 g/mol. The summed E-state index contributed by atoms with van der Waals surface area (Å²) in [4.78, 5) is 11.4. The third kappa shape index (κ3) is 3.48. The highest BCUT2D eigenvalue weighted by Gasteiger charge is 2.23. The van der Waals surface area contributed by atoms with E-state index in [0.717, 1.165) is 0 Å². The van der Waals surface area contributed by atoms with Crippen LogP contribution in [0.15, 0.2) is 54.6 Å². The number of hydrogen-bond acceptors (Lipinski definition) is 3. The van der Waals surface area contributed by atoms with Crippen LogP contribution in [-0.2, 0) is 14.9 Å². The highest BCUT2D eigenvalue weighted by atomic mass is 16.6. The van der Waals surface area contributed by atoms with Crippen molar-refractivity contribution < 1.29 is 14.3 Å². The van der Waals surface area contributed by atoms with Gasteiger partial charge < -0.3 is 9.47 Å². The Hall–Kier alpha value is -2.29. The zero-order valence-corrected chi connectivity index (χ0v) is 13.5. The number of rotatable bonds is 5. The predicted molar refractivity (Wildman–Crippen MR) is 87.1 cm³/mol. The highest BCUT2D eigenvalue weighted by Crippen LogP contribution is 2.32. The van der Waals surface area contributed by atoms with Crippen molar-refractivity contribution >= 4 is 5.97 Å². The summed E-state index contributed by atoms with van der Waals surface area (Å²) in [6.45, 7) is 6.05. The van der Waals surface area contributed by atoms with Gasteiger partial charge in [-0.3, -0.25) is 0 Å². The normalized spacial score (nSPS) is 12.5. The van der Waals surface area contributed by atoms with Crippen LogP contribution in [0.3, 0.4) is 0 Å². The van der Waals surface area contributed by atoms with Crippen LogP contribution in [0.5, 0.6) is 5.75 Å². The summed E-state index contributed by atoms with van der Waals surface area (Å²) in [6.07, 6.45) is -0.613. The van der Waals surface area contributed by atoms with Crippen LogP contribution in [-0.4, -0.2) is 19.2 Å². The summed E-state index contributed by atoms with van der Waals surface area (Å²) in [6, 6.07) is 18.2. The molecule has 1 unspecified atom stereocenters. The molecule has 0 saturated heterocycles. The molecule has 2 aromatic rings. The quantitative estimate of drug-likeness (QED) is 0.784. The first kappa shape index (κ1) is 16.1. The summed E-state index contributed by atoms with van der Waals surface area (Å²) in [5.41, 5.74) is 2.36. The lowest BCUT2D eigenvalue weighted by molar-refractivity contribution is -0.147. The Morgan fingerprint density at radius 1 is 0.955 bits per heavy atom. The van der Waals surface area contributed by atoms with E-state index in [2.05, 4.69) is 30.7 Å². The first-order chi connectivity index (χ1) is 10.4. The maximum Gasteiger partial charge on any atom is 0.346 e. The number of ether oxygens (including phenoxy) is 2. The molecule has 0 aliphatic heterocycles. The molecule has 0 aromatic heterocycles. The predicted octanol–water partition coefficient (Wildman–Crippen LogP) is 3.95. The number of carbonyl (C=O) groups excluding carboxylic acids is 1. The standard InChI is InChI=1S/C19H22O3/c1-14(18(20)21-4)22-17-12-10-16(11-13-17)19(2,3)15-8-6-5-7-9-15/h5-14H,1-4H3. The Morgan fingerprint density at radius 3 is 2.05 bits per heavy atom. The molecule has 3 nitrogen and oxygen atoms in total. The van der Waals surface area contributed by atoms with Crippen molar-refractivity contribution in [3.05, 3.63) is 65.7 Å². The molecule has 1 atom stereocenters. The van der Waals surface area contributed by atoms with Crippen molar-refractivity contribution in [3.63, 3.8) is 0 Å². The molecular formula is C19H22O3. The molecule has 0 heterocycles. The second kappa shape index (κ2) is 6.65. The molecule has 0 amide bonds. The number of hydrogen-bond donors (Lipinski definition) is 0. The zero-order chi connectivity index (χ0) is 16.2. The molecule has 3 heteroatoms. The second-order valence-electron chi connectivity index (χ2n) is 5.80. The summed E-state index contributed by atoms with van der Waals surface area (Å²) in [5.74, 6) is 0.277. The minimum absolute atomic E-state index is 0.0895. The van der Waals surface area contributed by atoms with Crippen molar-refractivity contribution in [1.29, 1.82) is 0 Å². The van der Waals surface area contributed by atoms with E-state index in [1.807, 2.05) is 42.5 Å². The van der Waals surface area contributed by atoms with E-state index in [0.29, 0.717) is 5.75 Å². The maximum atomic E-state index is 11.4. The molecule has 0 aliphatic rings. The SMILES string of the molecule is COC(=O)C(C)Oc1ccc(C(C)(C)c2ccccc2)cc1. The monoisotopic (exact) mass is 298 g/mol. The zero-order valence-electron chi connectivity index (χ0n) is 13.5. The summed E-state index contributed by atoms with van der Waals surface area (Å²) in [7, 11) is 1.35. The average Bonchev–Trinajstić information content (AvgIpc) is 2.55. The van der Waals surface area contributed by atoms with Crippen LogP contribution < -0.4 is 4.74 Å². The van der Waals surface area contributed by atoms with Gasteiger partial charge in [0.1, 0.15) is 5.75 Å². The molecule has 0 bridgehead atoms. The van der Waals surface area contributed by atoms with Crippen LogP contribution in [0.4, 0.5) is 0 Å². The van der Waals surface area contributed by atoms with Crippen molar-refractivity contribution in [2.24, 2.45) is 0 Å². The van der Waals surface area contributed by atoms with E-state index in [4.69, 9.17) is 4.74 Å². The average molecular weight is 298 g/mol. The molecule has 0 saturated carbocycles. The van der Waals surface area contributed by atoms with E-state index >= 15 is 0 Å². The smallest absolute Gasteiger partial charge is 0.346 e. The third-order valence-electron chi connectivity index (χ3n) is 3.92. The van der Waals surface area contributed by atoms with Crippen molar-refractivity contribution in [2.45, 2.75) is 32.3 Å². The van der Waals surface area contributed by atoms with E-state index in [1.54, 1.807) is 6.92 Å². The summed E-state index contributed by atoms with van der Waals surface area (Å²) in [5, 5.41) is 0. The maximum absolute atomic E-state index is 11.4. The second-order valence-corrected chi connectivity index (χ2v) is 5.80. The lowest BCUT2D eigenvalue weighted by Crippen LogP contribution is -2.25. The van der Waals surface area contributed by atoms with Gasteiger partial charge in [0.25, 0.3) is 0 Å². The minimum Gasteiger partial charge on any atom is -0.479 e. The fraction of sp³-hybridized carbons (Fsp3) is 0.316. The molecule has 116 valence electrons. The number of benzene rings is 2. The van der Waals surface area contributed by atoms with Gasteiger partial charge in [-0.05, 0) is 30.2 Å². The van der Waals surface area contributed by atoms with Crippen LogP contribution in [0.2, 0.25) is 0 Å². The largest absolute Gasteiger partial charge is 0.479 e. The Balaban J connectivity index is 2.17. The molecule has 0 fully saturated rings. The Bertz CT molecular complexity index is 615. The lowest BCUT2D eigenvalue weighted by atomic mass is 9.78. The molecule has 2 rings (SSSR count).